The standard InChI is InChI=1S/C9H15N3O7/c10-12-11-2-1-3-19-9(18)8(17)7(16)6(15)5(14)4-13/h4-8,14-17H,1-3H2. The van der Waals surface area contributed by atoms with Crippen LogP contribution in [-0.2, 0) is 14.3 Å². The summed E-state index contributed by atoms with van der Waals surface area (Å²) in [6, 6.07) is 0. The molecule has 0 bridgehead atoms. The van der Waals surface area contributed by atoms with E-state index in [1.807, 2.05) is 0 Å². The summed E-state index contributed by atoms with van der Waals surface area (Å²) in [6.07, 6.45) is -7.94. The average molecular weight is 277 g/mol. The van der Waals surface area contributed by atoms with Crippen molar-refractivity contribution in [2.75, 3.05) is 13.2 Å². The number of carbonyl (C=O) groups is 2. The molecule has 4 unspecified atom stereocenters. The molecule has 4 atom stereocenters. The Morgan fingerprint density at radius 2 is 1.95 bits per heavy atom. The van der Waals surface area contributed by atoms with Crippen molar-refractivity contribution >= 4 is 12.3 Å². The average Bonchev–Trinajstić information content (AvgIpc) is 2.43. The van der Waals surface area contributed by atoms with E-state index in [9.17, 15) is 24.9 Å². The summed E-state index contributed by atoms with van der Waals surface area (Å²) in [4.78, 5) is 23.8. The number of rotatable bonds is 9. The first-order chi connectivity index (χ1) is 8.95. The van der Waals surface area contributed by atoms with Gasteiger partial charge >= 0.3 is 5.97 Å². The van der Waals surface area contributed by atoms with Crippen LogP contribution >= 0.6 is 0 Å². The van der Waals surface area contributed by atoms with Gasteiger partial charge < -0.3 is 30.0 Å². The maximum atomic E-state index is 11.2. The van der Waals surface area contributed by atoms with Crippen molar-refractivity contribution in [3.05, 3.63) is 10.4 Å². The Balaban J connectivity index is 4.16. The molecule has 0 spiro atoms. The van der Waals surface area contributed by atoms with E-state index < -0.39 is 30.4 Å². The van der Waals surface area contributed by atoms with Crippen LogP contribution in [0.1, 0.15) is 6.42 Å². The maximum absolute atomic E-state index is 11.2. The third-order valence-corrected chi connectivity index (χ3v) is 2.11. The smallest absolute Gasteiger partial charge is 0.337 e. The summed E-state index contributed by atoms with van der Waals surface area (Å²) in [6.45, 7) is -0.0666. The first kappa shape index (κ1) is 17.3. The van der Waals surface area contributed by atoms with Crippen molar-refractivity contribution in [3.8, 4) is 0 Å². The van der Waals surface area contributed by atoms with E-state index >= 15 is 0 Å². The summed E-state index contributed by atoms with van der Waals surface area (Å²) < 4.78 is 4.52. The Labute approximate surface area is 107 Å². The van der Waals surface area contributed by atoms with Crippen molar-refractivity contribution in [2.45, 2.75) is 30.8 Å². The second-order valence-electron chi connectivity index (χ2n) is 3.53. The molecule has 0 fully saturated rings. The van der Waals surface area contributed by atoms with Crippen molar-refractivity contribution in [1.82, 2.24) is 0 Å². The molecule has 0 aromatic heterocycles. The SMILES string of the molecule is [N-]=[N+]=NCCCOC(=O)C(O)C(O)C(O)C(O)C=O. The fraction of sp³-hybridized carbons (Fsp3) is 0.778. The van der Waals surface area contributed by atoms with E-state index in [1.54, 1.807) is 0 Å². The zero-order chi connectivity index (χ0) is 14.8. The number of aldehydes is 1. The van der Waals surface area contributed by atoms with Crippen LogP contribution in [-0.4, -0.2) is 70.2 Å². The first-order valence-electron chi connectivity index (χ1n) is 5.30. The predicted molar refractivity (Wildman–Crippen MR) is 59.7 cm³/mol. The summed E-state index contributed by atoms with van der Waals surface area (Å²) in [5.41, 5.74) is 7.97. The third kappa shape index (κ3) is 6.13. The molecule has 0 aliphatic heterocycles. The van der Waals surface area contributed by atoms with Gasteiger partial charge in [-0.25, -0.2) is 4.79 Å². The summed E-state index contributed by atoms with van der Waals surface area (Å²) in [5.74, 6) is -1.23. The van der Waals surface area contributed by atoms with Crippen molar-refractivity contribution in [1.29, 1.82) is 0 Å². The molecule has 108 valence electrons. The van der Waals surface area contributed by atoms with Crippen LogP contribution in [0.5, 0.6) is 0 Å². The molecule has 0 radical (unpaired) electrons. The van der Waals surface area contributed by atoms with Gasteiger partial charge in [0.25, 0.3) is 0 Å². The third-order valence-electron chi connectivity index (χ3n) is 2.11. The molecule has 0 aromatic carbocycles. The molecule has 0 aliphatic rings. The Kier molecular flexibility index (Phi) is 8.42. The van der Waals surface area contributed by atoms with Crippen LogP contribution in [0, 0.1) is 0 Å². The molecular formula is C9H15N3O7. The van der Waals surface area contributed by atoms with Crippen LogP contribution < -0.4 is 0 Å². The van der Waals surface area contributed by atoms with Gasteiger partial charge in [-0.3, -0.25) is 0 Å². The van der Waals surface area contributed by atoms with Crippen LogP contribution in [0.4, 0.5) is 0 Å². The minimum Gasteiger partial charge on any atom is -0.464 e. The highest BCUT2D eigenvalue weighted by atomic mass is 16.5. The minimum absolute atomic E-state index is 0.0498. The highest BCUT2D eigenvalue weighted by Crippen LogP contribution is 2.06. The lowest BCUT2D eigenvalue weighted by Crippen LogP contribution is -2.48. The van der Waals surface area contributed by atoms with E-state index in [0.29, 0.717) is 0 Å². The number of esters is 1. The zero-order valence-electron chi connectivity index (χ0n) is 9.86. The van der Waals surface area contributed by atoms with Crippen LogP contribution in [0.15, 0.2) is 5.11 Å². The molecule has 0 amide bonds. The van der Waals surface area contributed by atoms with E-state index in [-0.39, 0.29) is 25.9 Å². The van der Waals surface area contributed by atoms with Crippen LogP contribution in [0.3, 0.4) is 0 Å². The molecule has 10 nitrogen and oxygen atoms in total. The fourth-order valence-electron chi connectivity index (χ4n) is 1.05. The molecule has 0 saturated carbocycles. The van der Waals surface area contributed by atoms with Crippen LogP contribution in [0.25, 0.3) is 10.4 Å². The predicted octanol–water partition coefficient (Wildman–Crippen LogP) is -2.13. The fourth-order valence-corrected chi connectivity index (χ4v) is 1.05. The number of carbonyl (C=O) groups excluding carboxylic acids is 2. The first-order valence-corrected chi connectivity index (χ1v) is 5.30. The van der Waals surface area contributed by atoms with Gasteiger partial charge in [-0.05, 0) is 12.0 Å². The van der Waals surface area contributed by atoms with E-state index in [1.165, 1.54) is 0 Å². The summed E-state index contributed by atoms with van der Waals surface area (Å²) >= 11 is 0. The molecule has 10 heteroatoms. The molecule has 0 saturated heterocycles. The van der Waals surface area contributed by atoms with Gasteiger partial charge in [0.1, 0.15) is 18.3 Å². The van der Waals surface area contributed by atoms with Gasteiger partial charge in [0.2, 0.25) is 0 Å². The number of aliphatic hydroxyl groups is 4. The number of aliphatic hydroxyl groups excluding tert-OH is 4. The molecule has 0 aliphatic carbocycles. The van der Waals surface area contributed by atoms with E-state index in [4.69, 9.17) is 10.6 Å². The number of hydrogen-bond donors (Lipinski definition) is 4. The van der Waals surface area contributed by atoms with Crippen molar-refractivity contribution in [2.24, 2.45) is 5.11 Å². The van der Waals surface area contributed by atoms with Gasteiger partial charge in [0, 0.05) is 11.5 Å². The van der Waals surface area contributed by atoms with Gasteiger partial charge in [-0.1, -0.05) is 5.11 Å². The second kappa shape index (κ2) is 9.25. The number of azide groups is 1. The Hall–Kier alpha value is -1.71. The van der Waals surface area contributed by atoms with Gasteiger partial charge in [-0.2, -0.15) is 0 Å². The number of nitrogens with zero attached hydrogens (tertiary/aromatic N) is 3. The molecule has 4 N–H and O–H groups in total. The molecule has 19 heavy (non-hydrogen) atoms. The highest BCUT2D eigenvalue weighted by Gasteiger charge is 2.35. The zero-order valence-corrected chi connectivity index (χ0v) is 9.86. The van der Waals surface area contributed by atoms with Crippen molar-refractivity contribution in [3.63, 3.8) is 0 Å². The lowest BCUT2D eigenvalue weighted by atomic mass is 10.0. The minimum atomic E-state index is -2.11. The normalized spacial score (nSPS) is 16.6. The Morgan fingerprint density at radius 3 is 2.47 bits per heavy atom. The second-order valence-corrected chi connectivity index (χ2v) is 3.53. The quantitative estimate of drug-likeness (QED) is 0.0929. The number of hydrogen-bond acceptors (Lipinski definition) is 8. The highest BCUT2D eigenvalue weighted by molar-refractivity contribution is 5.75. The van der Waals surface area contributed by atoms with Gasteiger partial charge in [0.15, 0.2) is 12.4 Å². The van der Waals surface area contributed by atoms with Gasteiger partial charge in [0.05, 0.1) is 6.61 Å². The largest absolute Gasteiger partial charge is 0.464 e. The van der Waals surface area contributed by atoms with Gasteiger partial charge in [-0.15, -0.1) is 0 Å². The van der Waals surface area contributed by atoms with E-state index in [0.717, 1.165) is 0 Å². The van der Waals surface area contributed by atoms with Crippen LogP contribution in [0.2, 0.25) is 0 Å². The molecule has 0 aromatic rings. The van der Waals surface area contributed by atoms with Crippen molar-refractivity contribution < 1.29 is 34.8 Å². The maximum Gasteiger partial charge on any atom is 0.337 e. The molecular weight excluding hydrogens is 262 g/mol. The lowest BCUT2D eigenvalue weighted by molar-refractivity contribution is -0.169. The Morgan fingerprint density at radius 1 is 1.32 bits per heavy atom. The monoisotopic (exact) mass is 277 g/mol. The van der Waals surface area contributed by atoms with E-state index in [2.05, 4.69) is 14.8 Å². The molecule has 0 rings (SSSR count). The Bertz CT molecular complexity index is 345. The topological polar surface area (TPSA) is 173 Å². The summed E-state index contributed by atoms with van der Waals surface area (Å²) in [5, 5.41) is 39.9. The number of ether oxygens (including phenoxy) is 1. The lowest BCUT2D eigenvalue weighted by Gasteiger charge is -2.22. The molecule has 0 heterocycles. The summed E-state index contributed by atoms with van der Waals surface area (Å²) in [7, 11) is 0.